The van der Waals surface area contributed by atoms with Crippen molar-refractivity contribution in [3.8, 4) is 11.8 Å². The third kappa shape index (κ3) is 5.91. The molecule has 0 atom stereocenters. The lowest BCUT2D eigenvalue weighted by Gasteiger charge is -1.81. The van der Waals surface area contributed by atoms with Gasteiger partial charge in [0.25, 0.3) is 0 Å². The molecule has 0 saturated heterocycles. The lowest BCUT2D eigenvalue weighted by Crippen LogP contribution is -1.67. The van der Waals surface area contributed by atoms with Crippen LogP contribution in [0.15, 0.2) is 0 Å². The first-order chi connectivity index (χ1) is 3.91. The standard InChI is InChI=1S/C7H11S/c1-2-3-4-5-6-7-8/h2-4,7H2,1H3. The summed E-state index contributed by atoms with van der Waals surface area (Å²) in [6.45, 7) is 2.16. The van der Waals surface area contributed by atoms with Crippen LogP contribution in [0.2, 0.25) is 0 Å². The van der Waals surface area contributed by atoms with E-state index in [4.69, 9.17) is 0 Å². The van der Waals surface area contributed by atoms with E-state index in [0.717, 1.165) is 6.42 Å². The van der Waals surface area contributed by atoms with Gasteiger partial charge in [-0.25, -0.2) is 0 Å². The smallest absolute Gasteiger partial charge is 0.0651 e. The molecule has 0 fully saturated rings. The van der Waals surface area contributed by atoms with Crippen molar-refractivity contribution in [3.05, 3.63) is 0 Å². The number of unbranched alkanes of at least 4 members (excludes halogenated alkanes) is 2. The van der Waals surface area contributed by atoms with Crippen LogP contribution in [0.3, 0.4) is 0 Å². The molecule has 45 valence electrons. The van der Waals surface area contributed by atoms with Crippen LogP contribution in [0.25, 0.3) is 0 Å². The third-order valence-corrected chi connectivity index (χ3v) is 0.997. The Morgan fingerprint density at radius 1 is 1.38 bits per heavy atom. The van der Waals surface area contributed by atoms with Gasteiger partial charge in [-0.15, -0.1) is 5.92 Å². The maximum atomic E-state index is 4.63. The van der Waals surface area contributed by atoms with Gasteiger partial charge in [0.15, 0.2) is 0 Å². The highest BCUT2D eigenvalue weighted by molar-refractivity contribution is 7.80. The van der Waals surface area contributed by atoms with Gasteiger partial charge in [0.05, 0.1) is 5.75 Å². The van der Waals surface area contributed by atoms with E-state index in [-0.39, 0.29) is 0 Å². The summed E-state index contributed by atoms with van der Waals surface area (Å²) in [5.41, 5.74) is 0. The Hall–Kier alpha value is -0.0900. The van der Waals surface area contributed by atoms with Gasteiger partial charge in [-0.1, -0.05) is 31.9 Å². The molecule has 0 aromatic heterocycles. The second-order valence-corrected chi connectivity index (χ2v) is 1.89. The summed E-state index contributed by atoms with van der Waals surface area (Å²) in [5, 5.41) is 0. The van der Waals surface area contributed by atoms with Gasteiger partial charge in [0, 0.05) is 6.42 Å². The first-order valence-electron chi connectivity index (χ1n) is 2.95. The molecule has 0 aliphatic carbocycles. The van der Waals surface area contributed by atoms with E-state index in [1.165, 1.54) is 12.8 Å². The van der Waals surface area contributed by atoms with Gasteiger partial charge < -0.3 is 0 Å². The molecule has 0 heterocycles. The molecule has 0 amide bonds. The van der Waals surface area contributed by atoms with Crippen LogP contribution in [-0.2, 0) is 0 Å². The fraction of sp³-hybridized carbons (Fsp3) is 0.714. The predicted molar refractivity (Wildman–Crippen MR) is 39.8 cm³/mol. The molecule has 0 aromatic rings. The van der Waals surface area contributed by atoms with Crippen molar-refractivity contribution in [3.63, 3.8) is 0 Å². The fourth-order valence-electron chi connectivity index (χ4n) is 0.405. The molecule has 0 spiro atoms. The lowest BCUT2D eigenvalue weighted by atomic mass is 10.3. The van der Waals surface area contributed by atoms with Crippen molar-refractivity contribution in [2.45, 2.75) is 26.2 Å². The molecular formula is C7H11S. The zero-order valence-corrected chi connectivity index (χ0v) is 6.05. The molecule has 0 unspecified atom stereocenters. The first-order valence-corrected chi connectivity index (χ1v) is 3.53. The zero-order valence-electron chi connectivity index (χ0n) is 5.24. The minimum Gasteiger partial charge on any atom is -0.102 e. The molecule has 0 N–H and O–H groups in total. The molecule has 0 aliphatic rings. The molecule has 1 radical (unpaired) electrons. The Morgan fingerprint density at radius 3 is 2.62 bits per heavy atom. The van der Waals surface area contributed by atoms with Crippen LogP contribution >= 0.6 is 12.6 Å². The van der Waals surface area contributed by atoms with Gasteiger partial charge in [-0.05, 0) is 6.42 Å². The largest absolute Gasteiger partial charge is 0.102 e. The van der Waals surface area contributed by atoms with Crippen LogP contribution in [0.5, 0.6) is 0 Å². The highest BCUT2D eigenvalue weighted by Gasteiger charge is 1.73. The average Bonchev–Trinajstić information content (AvgIpc) is 1.81. The second kappa shape index (κ2) is 6.91. The van der Waals surface area contributed by atoms with Crippen molar-refractivity contribution < 1.29 is 0 Å². The van der Waals surface area contributed by atoms with Crippen LogP contribution in [0, 0.1) is 11.8 Å². The summed E-state index contributed by atoms with van der Waals surface area (Å²) in [5.74, 6) is 6.42. The average molecular weight is 127 g/mol. The zero-order chi connectivity index (χ0) is 6.24. The summed E-state index contributed by atoms with van der Waals surface area (Å²) < 4.78 is 0. The molecule has 1 heteroatoms. The Bertz CT molecular complexity index is 86.3. The van der Waals surface area contributed by atoms with E-state index < -0.39 is 0 Å². The molecule has 0 aromatic carbocycles. The maximum Gasteiger partial charge on any atom is 0.0651 e. The number of hydrogen-bond acceptors (Lipinski definition) is 0. The molecule has 0 nitrogen and oxygen atoms in total. The van der Waals surface area contributed by atoms with E-state index in [0.29, 0.717) is 5.75 Å². The van der Waals surface area contributed by atoms with Gasteiger partial charge in [-0.2, -0.15) is 0 Å². The quantitative estimate of drug-likeness (QED) is 0.394. The van der Waals surface area contributed by atoms with Crippen LogP contribution < -0.4 is 0 Å². The summed E-state index contributed by atoms with van der Waals surface area (Å²) in [6, 6.07) is 0. The van der Waals surface area contributed by atoms with E-state index in [9.17, 15) is 0 Å². The van der Waals surface area contributed by atoms with Crippen molar-refractivity contribution in [2.24, 2.45) is 0 Å². The Kier molecular flexibility index (Phi) is 6.83. The van der Waals surface area contributed by atoms with E-state index in [1.54, 1.807) is 0 Å². The number of rotatable bonds is 2. The highest BCUT2D eigenvalue weighted by atomic mass is 32.1. The minimum absolute atomic E-state index is 0.587. The first kappa shape index (κ1) is 7.91. The predicted octanol–water partition coefficient (Wildman–Crippen LogP) is 2.38. The van der Waals surface area contributed by atoms with Crippen molar-refractivity contribution in [2.75, 3.05) is 5.75 Å². The Morgan fingerprint density at radius 2 is 2.12 bits per heavy atom. The summed E-state index contributed by atoms with van der Waals surface area (Å²) in [7, 11) is 0. The third-order valence-electron chi connectivity index (χ3n) is 0.852. The molecule has 0 rings (SSSR count). The van der Waals surface area contributed by atoms with Gasteiger partial charge in [-0.3, -0.25) is 0 Å². The van der Waals surface area contributed by atoms with Gasteiger partial charge in [0.1, 0.15) is 0 Å². The van der Waals surface area contributed by atoms with E-state index in [2.05, 4.69) is 31.4 Å². The highest BCUT2D eigenvalue weighted by Crippen LogP contribution is 1.89. The van der Waals surface area contributed by atoms with Crippen LogP contribution in [0.1, 0.15) is 26.2 Å². The Balaban J connectivity index is 2.90. The van der Waals surface area contributed by atoms with Crippen molar-refractivity contribution in [1.82, 2.24) is 0 Å². The lowest BCUT2D eigenvalue weighted by molar-refractivity contribution is 0.828. The summed E-state index contributed by atoms with van der Waals surface area (Å²) in [4.78, 5) is 0. The second-order valence-electron chi connectivity index (χ2n) is 1.60. The SMILES string of the molecule is CCCCC#CC[S]. The van der Waals surface area contributed by atoms with Crippen LogP contribution in [0.4, 0.5) is 0 Å². The van der Waals surface area contributed by atoms with Crippen molar-refractivity contribution >= 4 is 12.6 Å². The van der Waals surface area contributed by atoms with E-state index in [1.807, 2.05) is 0 Å². The monoisotopic (exact) mass is 127 g/mol. The number of hydrogen-bond donors (Lipinski definition) is 0. The molecule has 0 bridgehead atoms. The topological polar surface area (TPSA) is 0 Å². The maximum absolute atomic E-state index is 4.63. The minimum atomic E-state index is 0.587. The summed E-state index contributed by atoms with van der Waals surface area (Å²) >= 11 is 4.63. The normalized spacial score (nSPS) is 7.75. The van der Waals surface area contributed by atoms with Crippen molar-refractivity contribution in [1.29, 1.82) is 0 Å². The molecule has 0 aliphatic heterocycles. The fourth-order valence-corrected chi connectivity index (χ4v) is 0.507. The van der Waals surface area contributed by atoms with Gasteiger partial charge in [0.2, 0.25) is 0 Å². The van der Waals surface area contributed by atoms with Gasteiger partial charge >= 0.3 is 0 Å². The summed E-state index contributed by atoms with van der Waals surface area (Å²) in [6.07, 6.45) is 3.46. The molecule has 0 saturated carbocycles. The molecular weight excluding hydrogens is 116 g/mol. The molecule has 8 heavy (non-hydrogen) atoms. The van der Waals surface area contributed by atoms with E-state index >= 15 is 0 Å². The van der Waals surface area contributed by atoms with Crippen LogP contribution in [-0.4, -0.2) is 5.75 Å². The Labute approximate surface area is 57.1 Å².